The van der Waals surface area contributed by atoms with E-state index in [4.69, 9.17) is 21.1 Å². The molecule has 1 heterocycles. The Bertz CT molecular complexity index is 1290. The van der Waals surface area contributed by atoms with Crippen molar-refractivity contribution in [3.05, 3.63) is 87.9 Å². The summed E-state index contributed by atoms with van der Waals surface area (Å²) >= 11 is 6.47. The summed E-state index contributed by atoms with van der Waals surface area (Å²) in [5.41, 5.74) is 5.64. The third-order valence-corrected chi connectivity index (χ3v) is 6.15. The Morgan fingerprint density at radius 3 is 2.51 bits per heavy atom. The number of rotatable bonds is 10. The molecule has 37 heavy (non-hydrogen) atoms. The van der Waals surface area contributed by atoms with Gasteiger partial charge in [0.05, 0.1) is 23.4 Å². The van der Waals surface area contributed by atoms with Crippen LogP contribution in [0.3, 0.4) is 0 Å². The Hall–Kier alpha value is -4.04. The molecule has 3 aromatic carbocycles. The molecule has 0 radical (unpaired) electrons. The van der Waals surface area contributed by atoms with Gasteiger partial charge in [-0.25, -0.2) is 10.2 Å². The highest BCUT2D eigenvalue weighted by Crippen LogP contribution is 2.37. The summed E-state index contributed by atoms with van der Waals surface area (Å²) in [5.74, 6) is -0.577. The molecule has 0 bridgehead atoms. The van der Waals surface area contributed by atoms with Gasteiger partial charge in [-0.2, -0.15) is 5.10 Å². The van der Waals surface area contributed by atoms with Crippen molar-refractivity contribution < 1.29 is 24.2 Å². The van der Waals surface area contributed by atoms with E-state index < -0.39 is 5.97 Å². The predicted molar refractivity (Wildman–Crippen MR) is 143 cm³/mol. The summed E-state index contributed by atoms with van der Waals surface area (Å²) in [6, 6.07) is 17.3. The fourth-order valence-electron chi connectivity index (χ4n) is 4.04. The number of halogens is 1. The molecule has 0 unspecified atom stereocenters. The van der Waals surface area contributed by atoms with Crippen molar-refractivity contribution in [2.75, 3.05) is 24.6 Å². The Labute approximate surface area is 220 Å². The smallest absolute Gasteiger partial charge is 0.335 e. The second-order valence-electron chi connectivity index (χ2n) is 8.50. The average Bonchev–Trinajstić information content (AvgIpc) is 3.44. The first kappa shape index (κ1) is 26.0. The molecular formula is C28H28ClN3O5. The van der Waals surface area contributed by atoms with Crippen LogP contribution in [0.4, 0.5) is 5.69 Å². The van der Waals surface area contributed by atoms with Crippen LogP contribution in [0, 0.1) is 0 Å². The predicted octanol–water partition coefficient (Wildman–Crippen LogP) is 5.38. The van der Waals surface area contributed by atoms with Gasteiger partial charge in [0.15, 0.2) is 11.5 Å². The van der Waals surface area contributed by atoms with Gasteiger partial charge in [-0.05, 0) is 79.4 Å². The van der Waals surface area contributed by atoms with Crippen molar-refractivity contribution in [3.8, 4) is 11.5 Å². The maximum Gasteiger partial charge on any atom is 0.335 e. The number of ether oxygens (including phenoxy) is 2. The lowest BCUT2D eigenvalue weighted by atomic mass is 10.1. The number of nitrogens with one attached hydrogen (secondary N) is 1. The molecular weight excluding hydrogens is 494 g/mol. The molecule has 0 atom stereocenters. The SMILES string of the molecule is CCOc1cc(/C=N\NC(=O)c2ccc(N3CCCC3)cc2)cc(Cl)c1OCc1cccc(C(=O)O)c1. The van der Waals surface area contributed by atoms with Crippen LogP contribution in [0.25, 0.3) is 0 Å². The maximum absolute atomic E-state index is 12.5. The van der Waals surface area contributed by atoms with Crippen LogP contribution in [-0.2, 0) is 6.61 Å². The summed E-state index contributed by atoms with van der Waals surface area (Å²) in [6.45, 7) is 4.42. The molecule has 2 N–H and O–H groups in total. The van der Waals surface area contributed by atoms with Gasteiger partial charge in [0.25, 0.3) is 5.91 Å². The second-order valence-corrected chi connectivity index (χ2v) is 8.90. The van der Waals surface area contributed by atoms with E-state index in [0.29, 0.717) is 39.8 Å². The first-order chi connectivity index (χ1) is 17.9. The van der Waals surface area contributed by atoms with Crippen molar-refractivity contribution in [1.29, 1.82) is 0 Å². The molecule has 4 rings (SSSR count). The van der Waals surface area contributed by atoms with Gasteiger partial charge in [0.2, 0.25) is 0 Å². The number of anilines is 1. The van der Waals surface area contributed by atoms with Gasteiger partial charge < -0.3 is 19.5 Å². The molecule has 1 saturated heterocycles. The molecule has 1 aliphatic heterocycles. The van der Waals surface area contributed by atoms with Crippen LogP contribution in [0.1, 0.15) is 51.6 Å². The summed E-state index contributed by atoms with van der Waals surface area (Å²) in [4.78, 5) is 26.0. The zero-order chi connectivity index (χ0) is 26.2. The number of carboxylic acid groups (broad SMARTS) is 1. The van der Waals surface area contributed by atoms with Crippen LogP contribution < -0.4 is 19.8 Å². The number of hydrazone groups is 1. The zero-order valence-electron chi connectivity index (χ0n) is 20.4. The number of hydrogen-bond donors (Lipinski definition) is 2. The minimum Gasteiger partial charge on any atom is -0.490 e. The van der Waals surface area contributed by atoms with Crippen molar-refractivity contribution in [2.24, 2.45) is 5.10 Å². The van der Waals surface area contributed by atoms with Crippen LogP contribution in [0.2, 0.25) is 5.02 Å². The maximum atomic E-state index is 12.5. The lowest BCUT2D eigenvalue weighted by Crippen LogP contribution is -2.19. The number of carboxylic acids is 1. The number of carbonyl (C=O) groups excluding carboxylic acids is 1. The van der Waals surface area contributed by atoms with Gasteiger partial charge in [-0.15, -0.1) is 0 Å². The fraction of sp³-hybridized carbons (Fsp3) is 0.250. The van der Waals surface area contributed by atoms with Crippen LogP contribution in [0.5, 0.6) is 11.5 Å². The zero-order valence-corrected chi connectivity index (χ0v) is 21.2. The number of benzene rings is 3. The first-order valence-electron chi connectivity index (χ1n) is 12.0. The van der Waals surface area contributed by atoms with E-state index in [0.717, 1.165) is 18.8 Å². The minimum atomic E-state index is -1.01. The van der Waals surface area contributed by atoms with Gasteiger partial charge in [-0.3, -0.25) is 4.79 Å². The summed E-state index contributed by atoms with van der Waals surface area (Å²) in [5, 5.41) is 13.5. The van der Waals surface area contributed by atoms with E-state index >= 15 is 0 Å². The molecule has 0 aromatic heterocycles. The molecule has 0 saturated carbocycles. The number of amides is 1. The molecule has 0 aliphatic carbocycles. The Morgan fingerprint density at radius 2 is 1.81 bits per heavy atom. The molecule has 8 nitrogen and oxygen atoms in total. The second kappa shape index (κ2) is 12.3. The minimum absolute atomic E-state index is 0.112. The van der Waals surface area contributed by atoms with Crippen molar-refractivity contribution in [3.63, 3.8) is 0 Å². The largest absolute Gasteiger partial charge is 0.490 e. The number of aromatic carboxylic acids is 1. The van der Waals surface area contributed by atoms with Gasteiger partial charge >= 0.3 is 5.97 Å². The highest BCUT2D eigenvalue weighted by molar-refractivity contribution is 6.32. The van der Waals surface area contributed by atoms with Crippen LogP contribution in [-0.4, -0.2) is 42.9 Å². The summed E-state index contributed by atoms with van der Waals surface area (Å²) in [7, 11) is 0. The van der Waals surface area contributed by atoms with E-state index in [1.54, 1.807) is 42.5 Å². The molecule has 3 aromatic rings. The van der Waals surface area contributed by atoms with E-state index in [-0.39, 0.29) is 18.1 Å². The highest BCUT2D eigenvalue weighted by Gasteiger charge is 2.15. The van der Waals surface area contributed by atoms with Crippen molar-refractivity contribution in [1.82, 2.24) is 5.43 Å². The molecule has 9 heteroatoms. The first-order valence-corrected chi connectivity index (χ1v) is 12.4. The molecule has 1 aliphatic rings. The Kier molecular flexibility index (Phi) is 8.64. The number of nitrogens with zero attached hydrogens (tertiary/aromatic N) is 2. The van der Waals surface area contributed by atoms with E-state index in [1.807, 2.05) is 19.1 Å². The quantitative estimate of drug-likeness (QED) is 0.274. The lowest BCUT2D eigenvalue weighted by Gasteiger charge is -2.17. The van der Waals surface area contributed by atoms with Crippen LogP contribution in [0.15, 0.2) is 65.8 Å². The van der Waals surface area contributed by atoms with Crippen molar-refractivity contribution >= 4 is 35.4 Å². The standard InChI is InChI=1S/C28H28ClN3O5/c1-2-36-25-16-20(15-24(29)26(25)37-18-19-6-5-7-22(14-19)28(34)35)17-30-31-27(33)21-8-10-23(11-9-21)32-12-3-4-13-32/h5-11,14-17H,2-4,12-13,18H2,1H3,(H,31,33)(H,34,35)/b30-17-. The normalized spacial score (nSPS) is 13.1. The molecule has 1 fully saturated rings. The Morgan fingerprint density at radius 1 is 1.05 bits per heavy atom. The fourth-order valence-corrected chi connectivity index (χ4v) is 4.32. The van der Waals surface area contributed by atoms with Crippen molar-refractivity contribution in [2.45, 2.75) is 26.4 Å². The number of hydrogen-bond acceptors (Lipinski definition) is 6. The van der Waals surface area contributed by atoms with Gasteiger partial charge in [0.1, 0.15) is 6.61 Å². The van der Waals surface area contributed by atoms with E-state index in [2.05, 4.69) is 15.4 Å². The van der Waals surface area contributed by atoms with E-state index in [1.165, 1.54) is 25.1 Å². The average molecular weight is 522 g/mol. The summed E-state index contributed by atoms with van der Waals surface area (Å²) in [6.07, 6.45) is 3.87. The van der Waals surface area contributed by atoms with Crippen LogP contribution >= 0.6 is 11.6 Å². The molecule has 192 valence electrons. The Balaban J connectivity index is 1.41. The topological polar surface area (TPSA) is 100 Å². The van der Waals surface area contributed by atoms with Gasteiger partial charge in [-0.1, -0.05) is 23.7 Å². The molecule has 0 spiro atoms. The third kappa shape index (κ3) is 6.80. The highest BCUT2D eigenvalue weighted by atomic mass is 35.5. The lowest BCUT2D eigenvalue weighted by molar-refractivity contribution is 0.0696. The molecule has 1 amide bonds. The number of carbonyl (C=O) groups is 2. The monoisotopic (exact) mass is 521 g/mol. The van der Waals surface area contributed by atoms with Gasteiger partial charge in [0, 0.05) is 24.3 Å². The van der Waals surface area contributed by atoms with E-state index in [9.17, 15) is 14.7 Å². The third-order valence-electron chi connectivity index (χ3n) is 5.87. The summed E-state index contributed by atoms with van der Waals surface area (Å²) < 4.78 is 11.6.